The first kappa shape index (κ1) is 14.4. The maximum atomic E-state index is 13.3. The van der Waals surface area contributed by atoms with Crippen molar-refractivity contribution < 1.29 is 19.1 Å². The molecule has 0 bridgehead atoms. The van der Waals surface area contributed by atoms with Crippen molar-refractivity contribution in [2.24, 2.45) is 0 Å². The molecule has 0 fully saturated rings. The van der Waals surface area contributed by atoms with Crippen molar-refractivity contribution in [2.45, 2.75) is 6.54 Å². The third-order valence-electron chi connectivity index (χ3n) is 2.52. The molecule has 0 saturated heterocycles. The van der Waals surface area contributed by atoms with Gasteiger partial charge in [-0.25, -0.2) is 4.39 Å². The molecule has 1 amide bonds. The van der Waals surface area contributed by atoms with Crippen LogP contribution in [0.5, 0.6) is 0 Å². The molecule has 0 aliphatic heterocycles. The Labute approximate surface area is 119 Å². The molecule has 0 unspecified atom stereocenters. The molecule has 0 aliphatic rings. The van der Waals surface area contributed by atoms with Crippen molar-refractivity contribution >= 4 is 23.6 Å². The van der Waals surface area contributed by atoms with Gasteiger partial charge in [0.2, 0.25) is 5.91 Å². The molecule has 0 atom stereocenters. The first-order chi connectivity index (χ1) is 10.0. The second-order valence-corrected chi connectivity index (χ2v) is 4.16. The summed E-state index contributed by atoms with van der Waals surface area (Å²) in [5.74, 6) is -1.92. The van der Waals surface area contributed by atoms with Gasteiger partial charge in [-0.1, -0.05) is 18.2 Å². The average Bonchev–Trinajstić information content (AvgIpc) is 2.84. The zero-order valence-corrected chi connectivity index (χ0v) is 10.9. The largest absolute Gasteiger partial charge is 0.480 e. The van der Waals surface area contributed by atoms with Crippen LogP contribution in [-0.2, 0) is 16.1 Å². The Morgan fingerprint density at radius 1 is 1.38 bits per heavy atom. The highest BCUT2D eigenvalue weighted by Crippen LogP contribution is 2.09. The number of halogens is 1. The van der Waals surface area contributed by atoms with Crippen molar-refractivity contribution in [3.63, 3.8) is 0 Å². The second-order valence-electron chi connectivity index (χ2n) is 4.16. The second kappa shape index (κ2) is 6.47. The van der Waals surface area contributed by atoms with E-state index in [2.05, 4.69) is 10.4 Å². The molecule has 6 nitrogen and oxygen atoms in total. The number of carbonyl (C=O) groups excluding carboxylic acids is 1. The number of benzene rings is 1. The fourth-order valence-corrected chi connectivity index (χ4v) is 1.61. The van der Waals surface area contributed by atoms with Gasteiger partial charge in [0, 0.05) is 17.8 Å². The predicted molar refractivity (Wildman–Crippen MR) is 73.9 cm³/mol. The maximum absolute atomic E-state index is 13.3. The molecule has 0 saturated carbocycles. The number of carboxylic acid groups (broad SMARTS) is 1. The van der Waals surface area contributed by atoms with E-state index in [9.17, 15) is 14.0 Å². The minimum atomic E-state index is -1.03. The Balaban J connectivity index is 1.97. The molecule has 1 aromatic heterocycles. The number of carboxylic acids is 1. The molecule has 1 aromatic carbocycles. The van der Waals surface area contributed by atoms with E-state index >= 15 is 0 Å². The van der Waals surface area contributed by atoms with Gasteiger partial charge in [-0.05, 0) is 12.1 Å². The first-order valence-corrected chi connectivity index (χ1v) is 6.02. The minimum absolute atomic E-state index is 0.291. The Morgan fingerprint density at radius 3 is 2.86 bits per heavy atom. The highest BCUT2D eigenvalue weighted by molar-refractivity contribution is 6.01. The molecule has 21 heavy (non-hydrogen) atoms. The van der Waals surface area contributed by atoms with Crippen molar-refractivity contribution in [1.29, 1.82) is 0 Å². The van der Waals surface area contributed by atoms with Crippen LogP contribution < -0.4 is 5.32 Å². The summed E-state index contributed by atoms with van der Waals surface area (Å²) in [6, 6.07) is 6.07. The number of nitrogens with one attached hydrogen (secondary N) is 1. The van der Waals surface area contributed by atoms with Crippen molar-refractivity contribution in [3.05, 3.63) is 54.1 Å². The Bertz CT molecular complexity index is 694. The van der Waals surface area contributed by atoms with Gasteiger partial charge in [0.15, 0.2) is 0 Å². The molecule has 108 valence electrons. The molecule has 2 aromatic rings. The molecule has 1 heterocycles. The molecule has 7 heteroatoms. The molecular weight excluding hydrogens is 277 g/mol. The van der Waals surface area contributed by atoms with Crippen LogP contribution in [0.3, 0.4) is 0 Å². The quantitative estimate of drug-likeness (QED) is 0.821. The lowest BCUT2D eigenvalue weighted by Gasteiger charge is -1.98. The highest BCUT2D eigenvalue weighted by Gasteiger charge is 2.04. The maximum Gasteiger partial charge on any atom is 0.325 e. The topological polar surface area (TPSA) is 84.2 Å². The van der Waals surface area contributed by atoms with E-state index in [1.807, 2.05) is 0 Å². The Kier molecular flexibility index (Phi) is 4.45. The molecule has 0 aliphatic carbocycles. The Hall–Kier alpha value is -2.96. The van der Waals surface area contributed by atoms with Gasteiger partial charge >= 0.3 is 5.97 Å². The number of rotatable bonds is 5. The van der Waals surface area contributed by atoms with Crippen molar-refractivity contribution in [2.75, 3.05) is 5.32 Å². The molecule has 2 N–H and O–H groups in total. The summed E-state index contributed by atoms with van der Waals surface area (Å²) in [6.07, 6.45) is 5.26. The monoisotopic (exact) mass is 289 g/mol. The lowest BCUT2D eigenvalue weighted by Crippen LogP contribution is -2.09. The van der Waals surface area contributed by atoms with Gasteiger partial charge in [0.25, 0.3) is 0 Å². The van der Waals surface area contributed by atoms with Gasteiger partial charge in [-0.15, -0.1) is 0 Å². The summed E-state index contributed by atoms with van der Waals surface area (Å²) in [4.78, 5) is 22.2. The number of hydrogen-bond acceptors (Lipinski definition) is 3. The SMILES string of the molecule is O=C(O)Cn1cc(NC(=O)/C=C/c2ccccc2F)cn1. The van der Waals surface area contributed by atoms with Gasteiger partial charge in [-0.2, -0.15) is 5.10 Å². The number of aromatic nitrogens is 2. The normalized spacial score (nSPS) is 10.7. The van der Waals surface area contributed by atoms with E-state index in [0.29, 0.717) is 11.3 Å². The van der Waals surface area contributed by atoms with Crippen molar-refractivity contribution in [3.8, 4) is 0 Å². The van der Waals surface area contributed by atoms with Gasteiger partial charge in [0.1, 0.15) is 12.4 Å². The molecule has 0 radical (unpaired) electrons. The summed E-state index contributed by atoms with van der Waals surface area (Å²) in [5.41, 5.74) is 0.661. The highest BCUT2D eigenvalue weighted by atomic mass is 19.1. The van der Waals surface area contributed by atoms with E-state index in [-0.39, 0.29) is 6.54 Å². The summed E-state index contributed by atoms with van der Waals surface area (Å²) in [7, 11) is 0. The number of hydrogen-bond donors (Lipinski definition) is 2. The molecule has 2 rings (SSSR count). The number of nitrogens with zero attached hydrogens (tertiary/aromatic N) is 2. The van der Waals surface area contributed by atoms with Crippen LogP contribution >= 0.6 is 0 Å². The fourth-order valence-electron chi connectivity index (χ4n) is 1.61. The number of aliphatic carboxylic acids is 1. The minimum Gasteiger partial charge on any atom is -0.480 e. The number of amides is 1. The molecular formula is C14H12FN3O3. The summed E-state index contributed by atoms with van der Waals surface area (Å²) in [5, 5.41) is 14.9. The van der Waals surface area contributed by atoms with Crippen LogP contribution in [0.1, 0.15) is 5.56 Å². The number of carbonyl (C=O) groups is 2. The van der Waals surface area contributed by atoms with Crippen LogP contribution in [0.15, 0.2) is 42.7 Å². The van der Waals surface area contributed by atoms with Crippen LogP contribution in [0.25, 0.3) is 6.08 Å². The van der Waals surface area contributed by atoms with Gasteiger partial charge < -0.3 is 10.4 Å². The van der Waals surface area contributed by atoms with E-state index in [1.165, 1.54) is 35.3 Å². The van der Waals surface area contributed by atoms with Gasteiger partial charge in [-0.3, -0.25) is 14.3 Å². The van der Waals surface area contributed by atoms with E-state index in [0.717, 1.165) is 0 Å². The average molecular weight is 289 g/mol. The van der Waals surface area contributed by atoms with Crippen LogP contribution in [0, 0.1) is 5.82 Å². The lowest BCUT2D eigenvalue weighted by atomic mass is 10.2. The zero-order valence-electron chi connectivity index (χ0n) is 10.9. The first-order valence-electron chi connectivity index (χ1n) is 6.02. The smallest absolute Gasteiger partial charge is 0.325 e. The lowest BCUT2D eigenvalue weighted by molar-refractivity contribution is -0.137. The third kappa shape index (κ3) is 4.27. The van der Waals surface area contributed by atoms with Gasteiger partial charge in [0.05, 0.1) is 11.9 Å². The zero-order chi connectivity index (χ0) is 15.2. The Morgan fingerprint density at radius 2 is 2.14 bits per heavy atom. The summed E-state index contributed by atoms with van der Waals surface area (Å²) < 4.78 is 14.5. The summed E-state index contributed by atoms with van der Waals surface area (Å²) >= 11 is 0. The van der Waals surface area contributed by atoms with E-state index in [1.54, 1.807) is 18.2 Å². The third-order valence-corrected chi connectivity index (χ3v) is 2.52. The summed E-state index contributed by atoms with van der Waals surface area (Å²) in [6.45, 7) is -0.291. The van der Waals surface area contributed by atoms with E-state index < -0.39 is 17.7 Å². The molecule has 0 spiro atoms. The van der Waals surface area contributed by atoms with Crippen molar-refractivity contribution in [1.82, 2.24) is 9.78 Å². The van der Waals surface area contributed by atoms with E-state index in [4.69, 9.17) is 5.11 Å². The number of anilines is 1. The fraction of sp³-hybridized carbons (Fsp3) is 0.0714. The predicted octanol–water partition coefficient (Wildman–Crippen LogP) is 1.76. The standard InChI is InChI=1S/C14H12FN3O3/c15-12-4-2-1-3-10(12)5-6-13(19)17-11-7-16-18(8-11)9-14(20)21/h1-8H,9H2,(H,17,19)(H,20,21)/b6-5+. The van der Waals surface area contributed by atoms with Crippen LogP contribution in [-0.4, -0.2) is 26.8 Å². The van der Waals surface area contributed by atoms with Crippen LogP contribution in [0.4, 0.5) is 10.1 Å². The van der Waals surface area contributed by atoms with Crippen LogP contribution in [0.2, 0.25) is 0 Å².